The van der Waals surface area contributed by atoms with Crippen molar-refractivity contribution in [2.75, 3.05) is 14.2 Å². The maximum Gasteiger partial charge on any atom is 0.161 e. The van der Waals surface area contributed by atoms with E-state index >= 15 is 0 Å². The quantitative estimate of drug-likeness (QED) is 0.453. The average Bonchev–Trinajstić information content (AvgIpc) is 2.44. The Morgan fingerprint density at radius 3 is 2.42 bits per heavy atom. The average molecular weight is 285 g/mol. The van der Waals surface area contributed by atoms with E-state index in [0.717, 1.165) is 29.5 Å². The van der Waals surface area contributed by atoms with Crippen LogP contribution in [0.3, 0.4) is 0 Å². The van der Waals surface area contributed by atoms with Gasteiger partial charge in [-0.3, -0.25) is 16.1 Å². The van der Waals surface area contributed by atoms with Crippen LogP contribution >= 0.6 is 12.4 Å². The highest BCUT2D eigenvalue weighted by Gasteiger charge is 2.16. The van der Waals surface area contributed by atoms with Gasteiger partial charge in [-0.2, -0.15) is 0 Å². The summed E-state index contributed by atoms with van der Waals surface area (Å²) in [6.45, 7) is 0. The number of rotatable bonds is 3. The van der Waals surface area contributed by atoms with Crippen molar-refractivity contribution in [3.63, 3.8) is 0 Å². The lowest BCUT2D eigenvalue weighted by Gasteiger charge is -2.19. The highest BCUT2D eigenvalue weighted by molar-refractivity contribution is 6.00. The van der Waals surface area contributed by atoms with Crippen molar-refractivity contribution in [2.24, 2.45) is 0 Å². The summed E-state index contributed by atoms with van der Waals surface area (Å²) in [5.74, 6) is 1.41. The Morgan fingerprint density at radius 1 is 1.21 bits per heavy atom. The van der Waals surface area contributed by atoms with Gasteiger partial charge in [0.2, 0.25) is 0 Å². The topological polar surface area (TPSA) is 74.6 Å². The Morgan fingerprint density at radius 2 is 1.84 bits per heavy atom. The zero-order chi connectivity index (χ0) is 13.1. The van der Waals surface area contributed by atoms with E-state index in [4.69, 9.17) is 20.1 Å². The van der Waals surface area contributed by atoms with Crippen LogP contribution < -0.4 is 15.0 Å². The third kappa shape index (κ3) is 3.00. The number of methoxy groups -OCH3 is 2. The molecule has 6 heteroatoms. The van der Waals surface area contributed by atoms with Crippen molar-refractivity contribution < 1.29 is 14.7 Å². The monoisotopic (exact) mass is 284 g/mol. The second kappa shape index (κ2) is 6.45. The largest absolute Gasteiger partial charge is 0.493 e. The fraction of sp³-hybridized carbons (Fsp3) is 0.308. The van der Waals surface area contributed by atoms with Crippen molar-refractivity contribution in [3.8, 4) is 11.5 Å². The minimum atomic E-state index is 0. The number of amidine groups is 1. The molecule has 5 nitrogen and oxygen atoms in total. The minimum absolute atomic E-state index is 0. The van der Waals surface area contributed by atoms with Crippen LogP contribution in [0.25, 0.3) is 6.08 Å². The zero-order valence-electron chi connectivity index (χ0n) is 10.8. The van der Waals surface area contributed by atoms with E-state index in [1.165, 1.54) is 0 Å². The van der Waals surface area contributed by atoms with Crippen LogP contribution in [0.2, 0.25) is 0 Å². The maximum absolute atomic E-state index is 8.76. The van der Waals surface area contributed by atoms with E-state index in [1.54, 1.807) is 14.2 Å². The molecule has 0 radical (unpaired) electrons. The third-order valence-corrected chi connectivity index (χ3v) is 3.07. The van der Waals surface area contributed by atoms with E-state index in [1.807, 2.05) is 23.7 Å². The molecule has 0 saturated carbocycles. The van der Waals surface area contributed by atoms with Crippen molar-refractivity contribution in [1.82, 2.24) is 5.48 Å². The van der Waals surface area contributed by atoms with Gasteiger partial charge < -0.3 is 9.47 Å². The van der Waals surface area contributed by atoms with E-state index in [-0.39, 0.29) is 18.2 Å². The van der Waals surface area contributed by atoms with Crippen molar-refractivity contribution in [2.45, 2.75) is 12.8 Å². The number of ether oxygens (including phenoxy) is 2. The smallest absolute Gasteiger partial charge is 0.161 e. The second-order valence-corrected chi connectivity index (χ2v) is 4.06. The highest BCUT2D eigenvalue weighted by atomic mass is 35.5. The maximum atomic E-state index is 8.76. The minimum Gasteiger partial charge on any atom is -0.493 e. The molecule has 3 N–H and O–H groups in total. The van der Waals surface area contributed by atoms with Gasteiger partial charge in [0.05, 0.1) is 14.2 Å². The van der Waals surface area contributed by atoms with Crippen molar-refractivity contribution >= 4 is 24.3 Å². The van der Waals surface area contributed by atoms with Crippen LogP contribution in [0, 0.1) is 5.41 Å². The molecule has 1 aromatic carbocycles. The van der Waals surface area contributed by atoms with Gasteiger partial charge in [0.15, 0.2) is 11.5 Å². The first-order valence-corrected chi connectivity index (χ1v) is 5.64. The molecule has 0 saturated heterocycles. The number of fused-ring (bicyclic) bond motifs is 1. The zero-order valence-corrected chi connectivity index (χ0v) is 11.6. The fourth-order valence-corrected chi connectivity index (χ4v) is 2.09. The van der Waals surface area contributed by atoms with Gasteiger partial charge in [-0.25, -0.2) is 0 Å². The van der Waals surface area contributed by atoms with Crippen molar-refractivity contribution in [1.29, 1.82) is 5.41 Å². The van der Waals surface area contributed by atoms with Gasteiger partial charge in [-0.15, -0.1) is 12.4 Å². The van der Waals surface area contributed by atoms with Crippen LogP contribution in [0.1, 0.15) is 17.5 Å². The molecule has 104 valence electrons. The van der Waals surface area contributed by atoms with Crippen LogP contribution in [0.4, 0.5) is 0 Å². The summed E-state index contributed by atoms with van der Waals surface area (Å²) in [5.41, 5.74) is 4.80. The Balaban J connectivity index is 0.00000180. The second-order valence-electron chi connectivity index (χ2n) is 4.06. The van der Waals surface area contributed by atoms with Crippen LogP contribution in [0.5, 0.6) is 11.5 Å². The number of hydrogen-bond acceptors (Lipinski definition) is 4. The molecule has 1 aromatic rings. The van der Waals surface area contributed by atoms with Gasteiger partial charge in [0.25, 0.3) is 0 Å². The highest BCUT2D eigenvalue weighted by Crippen LogP contribution is 2.34. The summed E-state index contributed by atoms with van der Waals surface area (Å²) >= 11 is 0. The predicted molar refractivity (Wildman–Crippen MR) is 75.7 cm³/mol. The lowest BCUT2D eigenvalue weighted by molar-refractivity contribution is 0.233. The van der Waals surface area contributed by atoms with Gasteiger partial charge in [0.1, 0.15) is 5.84 Å². The molecule has 0 aliphatic heterocycles. The molecule has 0 heterocycles. The number of hydrogen-bond donors (Lipinski definition) is 3. The first-order chi connectivity index (χ1) is 8.69. The van der Waals surface area contributed by atoms with Gasteiger partial charge in [-0.1, -0.05) is 0 Å². The van der Waals surface area contributed by atoms with Gasteiger partial charge in [0, 0.05) is 0 Å². The van der Waals surface area contributed by atoms with Crippen LogP contribution in [-0.2, 0) is 6.42 Å². The molecule has 0 atom stereocenters. The fourth-order valence-electron chi connectivity index (χ4n) is 2.09. The molecule has 19 heavy (non-hydrogen) atoms. The Kier molecular flexibility index (Phi) is 5.20. The standard InChI is InChI=1S/C13H16N2O3.ClH/c1-17-11-6-8-3-4-9(13(14)15-16)5-10(8)7-12(11)18-2;/h5-7,16H,3-4H2,1-2H3,(H2,14,15);1H. The third-order valence-electron chi connectivity index (χ3n) is 3.07. The molecule has 0 spiro atoms. The first kappa shape index (κ1) is 15.3. The Hall–Kier alpha value is -1.72. The Labute approximate surface area is 118 Å². The molecule has 1 aliphatic carbocycles. The number of halogens is 1. The molecule has 0 bridgehead atoms. The summed E-state index contributed by atoms with van der Waals surface area (Å²) in [4.78, 5) is 0. The molecular formula is C13H17ClN2O3. The van der Waals surface area contributed by atoms with Crippen molar-refractivity contribution in [3.05, 3.63) is 28.8 Å². The van der Waals surface area contributed by atoms with Gasteiger partial charge in [-0.05, 0) is 47.8 Å². The van der Waals surface area contributed by atoms with Gasteiger partial charge >= 0.3 is 0 Å². The normalized spacial score (nSPS) is 12.7. The predicted octanol–water partition coefficient (Wildman–Crippen LogP) is 2.41. The number of benzene rings is 1. The SMILES string of the molecule is COc1cc2c(cc1OC)CCC(C(=N)NO)=C2.Cl. The number of hydroxylamine groups is 1. The number of nitrogens with one attached hydrogen (secondary N) is 2. The first-order valence-electron chi connectivity index (χ1n) is 5.64. The summed E-state index contributed by atoms with van der Waals surface area (Å²) in [6.07, 6.45) is 3.41. The molecule has 0 unspecified atom stereocenters. The molecule has 1 aliphatic rings. The van der Waals surface area contributed by atoms with Crippen LogP contribution in [-0.4, -0.2) is 25.3 Å². The Bertz CT molecular complexity index is 515. The summed E-state index contributed by atoms with van der Waals surface area (Å²) in [7, 11) is 3.20. The lowest BCUT2D eigenvalue weighted by Crippen LogP contribution is -2.21. The molecule has 0 amide bonds. The summed E-state index contributed by atoms with van der Waals surface area (Å²) in [6, 6.07) is 3.84. The van der Waals surface area contributed by atoms with E-state index < -0.39 is 0 Å². The van der Waals surface area contributed by atoms with Crippen LogP contribution in [0.15, 0.2) is 17.7 Å². The molecule has 2 rings (SSSR count). The molecular weight excluding hydrogens is 268 g/mol. The van der Waals surface area contributed by atoms with E-state index in [2.05, 4.69) is 0 Å². The summed E-state index contributed by atoms with van der Waals surface area (Å²) < 4.78 is 10.5. The molecule has 0 aromatic heterocycles. The summed E-state index contributed by atoms with van der Waals surface area (Å²) in [5, 5.41) is 16.3. The molecule has 0 fully saturated rings. The van der Waals surface area contributed by atoms with E-state index in [0.29, 0.717) is 11.5 Å². The van der Waals surface area contributed by atoms with E-state index in [9.17, 15) is 0 Å². The lowest BCUT2D eigenvalue weighted by atomic mass is 9.91. The number of aryl methyl sites for hydroxylation is 1.